The molecule has 4 heterocycles. The third kappa shape index (κ3) is 3.33. The van der Waals surface area contributed by atoms with Gasteiger partial charge in [-0.25, -0.2) is 14.1 Å². The van der Waals surface area contributed by atoms with Crippen LogP contribution < -0.4 is 0 Å². The largest absolute Gasteiger partial charge is 0.448 e. The maximum absolute atomic E-state index is 14.7. The highest BCUT2D eigenvalue weighted by Gasteiger charge is 2.43. The number of hydrogen-bond donors (Lipinski definition) is 1. The van der Waals surface area contributed by atoms with Gasteiger partial charge >= 0.3 is 0 Å². The summed E-state index contributed by atoms with van der Waals surface area (Å²) in [6.45, 7) is 10.0. The van der Waals surface area contributed by atoms with Crippen molar-refractivity contribution in [2.75, 3.05) is 0 Å². The number of nitrogens with zero attached hydrogens (tertiary/aromatic N) is 4. The summed E-state index contributed by atoms with van der Waals surface area (Å²) in [5, 5.41) is 6.18. The predicted octanol–water partition coefficient (Wildman–Crippen LogP) is 6.52. The van der Waals surface area contributed by atoms with E-state index in [4.69, 9.17) is 9.52 Å². The minimum Gasteiger partial charge on any atom is -0.448 e. The number of fused-ring (bicyclic) bond motifs is 2. The fourth-order valence-electron chi connectivity index (χ4n) is 5.63. The minimum atomic E-state index is -0.339. The van der Waals surface area contributed by atoms with Crippen LogP contribution in [0.15, 0.2) is 59.5 Å². The molecule has 0 atom stereocenters. The second kappa shape index (κ2) is 8.45. The Hall–Kier alpha value is -3.71. The summed E-state index contributed by atoms with van der Waals surface area (Å²) in [7, 11) is 0. The second-order valence-electron chi connectivity index (χ2n) is 9.92. The molecule has 0 amide bonds. The van der Waals surface area contributed by atoms with Gasteiger partial charge in [0.05, 0.1) is 40.9 Å². The molecule has 1 aliphatic heterocycles. The number of rotatable bonds is 6. The number of hydrogen-bond acceptors (Lipinski definition) is 4. The molecule has 36 heavy (non-hydrogen) atoms. The highest BCUT2D eigenvalue weighted by atomic mass is 19.1. The van der Waals surface area contributed by atoms with Crippen LogP contribution in [-0.4, -0.2) is 24.6 Å². The third-order valence-electron chi connectivity index (χ3n) is 7.62. The zero-order valence-corrected chi connectivity index (χ0v) is 21.1. The molecule has 0 radical (unpaired) electrons. The molecule has 3 aromatic heterocycles. The van der Waals surface area contributed by atoms with E-state index in [1.807, 2.05) is 12.1 Å². The quantitative estimate of drug-likeness (QED) is 0.299. The van der Waals surface area contributed by atoms with E-state index in [1.165, 1.54) is 11.1 Å². The molecule has 6 rings (SSSR count). The van der Waals surface area contributed by atoms with Gasteiger partial charge in [-0.2, -0.15) is 5.10 Å². The normalized spacial score (nSPS) is 15.1. The molecule has 0 spiro atoms. The van der Waals surface area contributed by atoms with Gasteiger partial charge in [-0.1, -0.05) is 32.0 Å². The number of halogens is 1. The maximum Gasteiger partial charge on any atom is 0.208 e. The molecule has 0 aliphatic carbocycles. The van der Waals surface area contributed by atoms with Gasteiger partial charge in [0.2, 0.25) is 5.89 Å². The van der Waals surface area contributed by atoms with E-state index in [0.717, 1.165) is 46.4 Å². The van der Waals surface area contributed by atoms with E-state index in [2.05, 4.69) is 65.4 Å². The van der Waals surface area contributed by atoms with Gasteiger partial charge in [0.15, 0.2) is 0 Å². The van der Waals surface area contributed by atoms with Crippen LogP contribution in [0.1, 0.15) is 56.0 Å². The number of aromatic nitrogens is 4. The standard InChI is InChI=1S/C29H30FN5O/c1-5-18-8-7-9-19(6-2)26(18)35-27(21-10-11-23(30)25-20(21)12-13-32-25)22-16-34(17-24-31-14-15-36-24)29(3,4)28(22)33-35/h7-15,32H,5-6,16-17H2,1-4H3. The number of benzene rings is 2. The first-order valence-electron chi connectivity index (χ1n) is 12.6. The van der Waals surface area contributed by atoms with Crippen LogP contribution >= 0.6 is 0 Å². The van der Waals surface area contributed by atoms with Crippen LogP contribution in [0.5, 0.6) is 0 Å². The van der Waals surface area contributed by atoms with Crippen molar-refractivity contribution in [3.8, 4) is 16.9 Å². The molecular weight excluding hydrogens is 453 g/mol. The van der Waals surface area contributed by atoms with E-state index >= 15 is 0 Å². The van der Waals surface area contributed by atoms with Crippen molar-refractivity contribution < 1.29 is 8.81 Å². The summed E-state index contributed by atoms with van der Waals surface area (Å²) in [4.78, 5) is 9.77. The number of nitrogens with one attached hydrogen (secondary N) is 1. The van der Waals surface area contributed by atoms with Gasteiger partial charge in [-0.05, 0) is 56.0 Å². The lowest BCUT2D eigenvalue weighted by atomic mass is 9.97. The Labute approximate surface area is 209 Å². The summed E-state index contributed by atoms with van der Waals surface area (Å²) in [5.41, 5.74) is 8.00. The monoisotopic (exact) mass is 483 g/mol. The fourth-order valence-corrected chi connectivity index (χ4v) is 5.63. The molecule has 0 fully saturated rings. The van der Waals surface area contributed by atoms with Crippen molar-refractivity contribution in [2.24, 2.45) is 0 Å². The van der Waals surface area contributed by atoms with Crippen LogP contribution in [0, 0.1) is 5.82 Å². The molecule has 0 saturated heterocycles. The number of para-hydroxylation sites is 1. The van der Waals surface area contributed by atoms with E-state index in [-0.39, 0.29) is 11.4 Å². The highest BCUT2D eigenvalue weighted by molar-refractivity contribution is 5.96. The first-order chi connectivity index (χ1) is 17.4. The molecule has 0 bridgehead atoms. The predicted molar refractivity (Wildman–Crippen MR) is 138 cm³/mol. The first-order valence-corrected chi connectivity index (χ1v) is 12.6. The second-order valence-corrected chi connectivity index (χ2v) is 9.92. The lowest BCUT2D eigenvalue weighted by Crippen LogP contribution is -2.36. The number of aromatic amines is 1. The molecule has 1 aliphatic rings. The highest BCUT2D eigenvalue weighted by Crippen LogP contribution is 2.46. The van der Waals surface area contributed by atoms with Gasteiger partial charge in [0.1, 0.15) is 12.1 Å². The van der Waals surface area contributed by atoms with Crippen molar-refractivity contribution in [1.29, 1.82) is 0 Å². The van der Waals surface area contributed by atoms with Crippen molar-refractivity contribution in [1.82, 2.24) is 24.6 Å². The Morgan fingerprint density at radius 2 is 1.86 bits per heavy atom. The Kier molecular flexibility index (Phi) is 5.34. The van der Waals surface area contributed by atoms with Gasteiger partial charge in [0.25, 0.3) is 0 Å². The molecular formula is C29H30FN5O. The SMILES string of the molecule is CCc1cccc(CC)c1-n1nc2c(c1-c1ccc(F)c3[nH]ccc13)CN(Cc1ncco1)C2(C)C. The Morgan fingerprint density at radius 3 is 2.56 bits per heavy atom. The smallest absolute Gasteiger partial charge is 0.208 e. The van der Waals surface area contributed by atoms with Crippen LogP contribution in [0.3, 0.4) is 0 Å². The number of oxazole rings is 1. The summed E-state index contributed by atoms with van der Waals surface area (Å²) < 4.78 is 22.4. The molecule has 184 valence electrons. The average Bonchev–Trinajstić information content (AvgIpc) is 3.66. The van der Waals surface area contributed by atoms with Gasteiger partial charge < -0.3 is 9.40 Å². The lowest BCUT2D eigenvalue weighted by Gasteiger charge is -2.30. The van der Waals surface area contributed by atoms with E-state index < -0.39 is 0 Å². The molecule has 2 aromatic carbocycles. The Balaban J connectivity index is 1.63. The van der Waals surface area contributed by atoms with E-state index in [0.29, 0.717) is 24.5 Å². The van der Waals surface area contributed by atoms with Crippen LogP contribution in [0.4, 0.5) is 4.39 Å². The summed E-state index contributed by atoms with van der Waals surface area (Å²) >= 11 is 0. The number of aryl methyl sites for hydroxylation is 2. The topological polar surface area (TPSA) is 62.9 Å². The Bertz CT molecular complexity index is 1540. The van der Waals surface area contributed by atoms with Crippen molar-refractivity contribution in [2.45, 2.75) is 59.2 Å². The third-order valence-corrected chi connectivity index (χ3v) is 7.62. The minimum absolute atomic E-state index is 0.254. The molecule has 0 saturated carbocycles. The van der Waals surface area contributed by atoms with Crippen molar-refractivity contribution in [3.63, 3.8) is 0 Å². The van der Waals surface area contributed by atoms with E-state index in [1.54, 1.807) is 24.7 Å². The first kappa shape index (κ1) is 22.7. The fraction of sp³-hybridized carbons (Fsp3) is 0.310. The molecule has 1 N–H and O–H groups in total. The average molecular weight is 484 g/mol. The summed E-state index contributed by atoms with van der Waals surface area (Å²) in [6, 6.07) is 11.9. The zero-order chi connectivity index (χ0) is 25.0. The molecule has 0 unspecified atom stereocenters. The van der Waals surface area contributed by atoms with E-state index in [9.17, 15) is 4.39 Å². The summed E-state index contributed by atoms with van der Waals surface area (Å²) in [6.07, 6.45) is 6.89. The van der Waals surface area contributed by atoms with Crippen LogP contribution in [0.25, 0.3) is 27.8 Å². The maximum atomic E-state index is 14.7. The summed E-state index contributed by atoms with van der Waals surface area (Å²) in [5.74, 6) is 0.428. The molecule has 5 aromatic rings. The Morgan fingerprint density at radius 1 is 1.08 bits per heavy atom. The lowest BCUT2D eigenvalue weighted by molar-refractivity contribution is 0.110. The molecule has 7 heteroatoms. The molecule has 6 nitrogen and oxygen atoms in total. The van der Waals surface area contributed by atoms with Gasteiger partial charge in [-0.3, -0.25) is 4.90 Å². The van der Waals surface area contributed by atoms with Gasteiger partial charge in [-0.15, -0.1) is 0 Å². The van der Waals surface area contributed by atoms with Crippen molar-refractivity contribution in [3.05, 3.63) is 89.1 Å². The zero-order valence-electron chi connectivity index (χ0n) is 21.1. The van der Waals surface area contributed by atoms with Crippen LogP contribution in [0.2, 0.25) is 0 Å². The van der Waals surface area contributed by atoms with Crippen molar-refractivity contribution >= 4 is 10.9 Å². The van der Waals surface area contributed by atoms with Crippen LogP contribution in [-0.2, 0) is 31.5 Å². The van der Waals surface area contributed by atoms with Gasteiger partial charge in [0, 0.05) is 29.3 Å². The number of H-pyrrole nitrogens is 1.